The summed E-state index contributed by atoms with van der Waals surface area (Å²) in [6, 6.07) is 0. The molecule has 7 heavy (non-hydrogen) atoms. The zero-order valence-corrected chi connectivity index (χ0v) is 5.79. The molecule has 1 aromatic rings. The third-order valence-corrected chi connectivity index (χ3v) is 1.88. The van der Waals surface area contributed by atoms with Crippen LogP contribution in [0.1, 0.15) is 0 Å². The lowest BCUT2D eigenvalue weighted by Crippen LogP contribution is -1.96. The fraction of sp³-hybridized carbons (Fsp3) is 0. The van der Waals surface area contributed by atoms with Gasteiger partial charge in [0.15, 0.2) is 7.85 Å². The predicted octanol–water partition coefficient (Wildman–Crippen LogP) is 0.699. The van der Waals surface area contributed by atoms with Crippen LogP contribution in [0.25, 0.3) is 0 Å². The van der Waals surface area contributed by atoms with Crippen LogP contribution in [0.15, 0.2) is 9.98 Å². The second-order valence-electron chi connectivity index (χ2n) is 1.01. The van der Waals surface area contributed by atoms with Gasteiger partial charge in [-0.05, 0) is 15.9 Å². The molecule has 0 aliphatic heterocycles. The highest BCUT2D eigenvalue weighted by molar-refractivity contribution is 9.10. The van der Waals surface area contributed by atoms with Crippen LogP contribution in [0.5, 0.6) is 0 Å². The van der Waals surface area contributed by atoms with Gasteiger partial charge in [-0.3, -0.25) is 0 Å². The number of hydrogen-bond donors (Lipinski definition) is 0. The molecule has 0 amide bonds. The lowest BCUT2D eigenvalue weighted by Gasteiger charge is -1.69. The van der Waals surface area contributed by atoms with Crippen LogP contribution in [0.3, 0.4) is 0 Å². The Morgan fingerprint density at radius 3 is 2.71 bits per heavy atom. The molecule has 0 N–H and O–H groups in total. The predicted molar refractivity (Wildman–Crippen MR) is 35.2 cm³/mol. The normalized spacial score (nSPS) is 9.29. The van der Waals surface area contributed by atoms with Gasteiger partial charge >= 0.3 is 0 Å². The van der Waals surface area contributed by atoms with Gasteiger partial charge in [0, 0.05) is 10.3 Å². The molecule has 4 heteroatoms. The van der Waals surface area contributed by atoms with Gasteiger partial charge in [0.25, 0.3) is 0 Å². The van der Waals surface area contributed by atoms with Gasteiger partial charge in [-0.1, -0.05) is 0 Å². The van der Waals surface area contributed by atoms with E-state index in [1.165, 1.54) is 11.3 Å². The van der Waals surface area contributed by atoms with Crippen molar-refractivity contribution in [2.45, 2.75) is 0 Å². The molecule has 0 aliphatic carbocycles. The molecule has 0 bridgehead atoms. The van der Waals surface area contributed by atoms with Gasteiger partial charge < -0.3 is 0 Å². The third kappa shape index (κ3) is 1.28. The lowest BCUT2D eigenvalue weighted by atomic mass is 10.2. The summed E-state index contributed by atoms with van der Waals surface area (Å²) in [5, 5.41) is 1.84. The van der Waals surface area contributed by atoms with E-state index < -0.39 is 0 Å². The first-order valence-corrected chi connectivity index (χ1v) is 3.33. The fourth-order valence-electron chi connectivity index (χ4n) is 0.267. The van der Waals surface area contributed by atoms with E-state index in [9.17, 15) is 0 Å². The van der Waals surface area contributed by atoms with Crippen molar-refractivity contribution in [1.29, 1.82) is 0 Å². The van der Waals surface area contributed by atoms with Crippen LogP contribution in [-0.2, 0) is 0 Å². The van der Waals surface area contributed by atoms with E-state index in [4.69, 9.17) is 7.85 Å². The van der Waals surface area contributed by atoms with Crippen LogP contribution in [0.4, 0.5) is 0 Å². The molecule has 0 spiro atoms. The molecule has 1 rings (SSSR count). The molecule has 1 nitrogen and oxygen atoms in total. The third-order valence-electron chi connectivity index (χ3n) is 0.494. The van der Waals surface area contributed by atoms with Gasteiger partial charge in [0.1, 0.15) is 4.60 Å². The average Bonchev–Trinajstić information content (AvgIpc) is 1.87. The number of halogens is 1. The van der Waals surface area contributed by atoms with Crippen molar-refractivity contribution in [2.24, 2.45) is 0 Å². The van der Waals surface area contributed by atoms with Crippen LogP contribution >= 0.6 is 27.3 Å². The summed E-state index contributed by atoms with van der Waals surface area (Å²) in [6.07, 6.45) is 0. The summed E-state index contributed by atoms with van der Waals surface area (Å²) < 4.78 is 0.815. The Morgan fingerprint density at radius 1 is 1.86 bits per heavy atom. The van der Waals surface area contributed by atoms with Crippen molar-refractivity contribution in [1.82, 2.24) is 4.98 Å². The van der Waals surface area contributed by atoms with Crippen molar-refractivity contribution >= 4 is 40.0 Å². The van der Waals surface area contributed by atoms with Crippen LogP contribution in [-0.4, -0.2) is 12.8 Å². The second-order valence-corrected chi connectivity index (χ2v) is 2.71. The molecule has 1 aromatic heterocycles. The van der Waals surface area contributed by atoms with Crippen molar-refractivity contribution < 1.29 is 0 Å². The monoisotopic (exact) mass is 173 g/mol. The van der Waals surface area contributed by atoms with Gasteiger partial charge in [-0.2, -0.15) is 0 Å². The maximum absolute atomic E-state index is 5.26. The topological polar surface area (TPSA) is 12.9 Å². The van der Waals surface area contributed by atoms with Crippen molar-refractivity contribution in [3.63, 3.8) is 0 Å². The molecule has 34 valence electrons. The maximum Gasteiger partial charge on any atom is 0.157 e. The summed E-state index contributed by atoms with van der Waals surface area (Å²) in [6.45, 7) is 0. The zero-order valence-electron chi connectivity index (χ0n) is 3.39. The molecule has 2 radical (unpaired) electrons. The molecule has 1 heterocycles. The van der Waals surface area contributed by atoms with E-state index in [2.05, 4.69) is 20.9 Å². The smallest absolute Gasteiger partial charge is 0.157 e. The van der Waals surface area contributed by atoms with E-state index in [0.717, 1.165) is 4.60 Å². The summed E-state index contributed by atoms with van der Waals surface area (Å²) in [7, 11) is 5.26. The molecule has 0 saturated heterocycles. The summed E-state index contributed by atoms with van der Waals surface area (Å²) in [4.78, 5) is 4.43. The zero-order chi connectivity index (χ0) is 5.28. The molecular weight excluding hydrogens is 173 g/mol. The molecule has 0 atom stereocenters. The van der Waals surface area contributed by atoms with Crippen molar-refractivity contribution in [3.8, 4) is 0 Å². The summed E-state index contributed by atoms with van der Waals surface area (Å²) in [5.74, 6) is 0. The largest absolute Gasteiger partial charge is 0.246 e. The summed E-state index contributed by atoms with van der Waals surface area (Å²) in [5.41, 5.74) is 0. The minimum Gasteiger partial charge on any atom is -0.246 e. The quantitative estimate of drug-likeness (QED) is 0.527. The van der Waals surface area contributed by atoms with E-state index in [-0.39, 0.29) is 0 Å². The van der Waals surface area contributed by atoms with Gasteiger partial charge in [-0.15, -0.1) is 11.3 Å². The Morgan fingerprint density at radius 2 is 2.57 bits per heavy atom. The average molecular weight is 174 g/mol. The molecule has 0 saturated carbocycles. The lowest BCUT2D eigenvalue weighted by molar-refractivity contribution is 1.41. The van der Waals surface area contributed by atoms with E-state index in [1.54, 1.807) is 0 Å². The van der Waals surface area contributed by atoms with Gasteiger partial charge in [0.05, 0.1) is 0 Å². The van der Waals surface area contributed by atoms with E-state index in [0.29, 0.717) is 4.91 Å². The van der Waals surface area contributed by atoms with Crippen LogP contribution in [0.2, 0.25) is 0 Å². The first-order valence-electron chi connectivity index (χ1n) is 1.65. The molecule has 0 unspecified atom stereocenters. The fourth-order valence-corrected chi connectivity index (χ4v) is 1.28. The van der Waals surface area contributed by atoms with Gasteiger partial charge in [0.2, 0.25) is 0 Å². The Labute approximate surface area is 55.3 Å². The molecule has 0 aromatic carbocycles. The first-order chi connectivity index (χ1) is 3.29. The number of nitrogens with zero attached hydrogens (tertiary/aromatic N) is 1. The molecular formula is C3HBBrNS. The van der Waals surface area contributed by atoms with Crippen LogP contribution < -0.4 is 4.91 Å². The Balaban J connectivity index is 3.04. The molecule has 0 fully saturated rings. The highest BCUT2D eigenvalue weighted by Gasteiger charge is 1.87. The van der Waals surface area contributed by atoms with E-state index in [1.807, 2.05) is 5.38 Å². The first kappa shape index (κ1) is 5.31. The number of hydrogen-bond acceptors (Lipinski definition) is 2. The minimum atomic E-state index is 0.604. The second kappa shape index (κ2) is 1.96. The number of rotatable bonds is 0. The Bertz CT molecular complexity index is 147. The maximum atomic E-state index is 5.26. The Kier molecular flexibility index (Phi) is 1.49. The van der Waals surface area contributed by atoms with Crippen molar-refractivity contribution in [3.05, 3.63) is 9.98 Å². The van der Waals surface area contributed by atoms with E-state index >= 15 is 0 Å². The van der Waals surface area contributed by atoms with Crippen molar-refractivity contribution in [2.75, 3.05) is 0 Å². The minimum absolute atomic E-state index is 0.604. The van der Waals surface area contributed by atoms with Crippen LogP contribution in [0, 0.1) is 0 Å². The number of aromatic nitrogens is 1. The molecule has 0 aliphatic rings. The highest BCUT2D eigenvalue weighted by Crippen LogP contribution is 2.04. The van der Waals surface area contributed by atoms with Gasteiger partial charge in [-0.25, -0.2) is 4.98 Å². The SMILES string of the molecule is [B]c1nc(Br)cs1. The standard InChI is InChI=1S/C3HBBrNS/c4-3-6-2(5)1-7-3/h1H. The Hall–Kier alpha value is 0.175. The highest BCUT2D eigenvalue weighted by atomic mass is 79.9. The summed E-state index contributed by atoms with van der Waals surface area (Å²) >= 11 is 4.58. The number of thiazole rings is 1.